The smallest absolute Gasteiger partial charge is 0.306 e. The summed E-state index contributed by atoms with van der Waals surface area (Å²) in [7, 11) is 1.56. The maximum atomic E-state index is 11.4. The van der Waals surface area contributed by atoms with Gasteiger partial charge in [0.15, 0.2) is 0 Å². The van der Waals surface area contributed by atoms with Gasteiger partial charge in [-0.3, -0.25) is 4.79 Å². The van der Waals surface area contributed by atoms with Crippen molar-refractivity contribution in [2.45, 2.75) is 45.1 Å². The average Bonchev–Trinajstić information content (AvgIpc) is 2.34. The molecule has 0 radical (unpaired) electrons. The summed E-state index contributed by atoms with van der Waals surface area (Å²) in [6, 6.07) is 0. The molecule has 5 heteroatoms. The third-order valence-corrected chi connectivity index (χ3v) is 2.31. The zero-order chi connectivity index (χ0) is 12.9. The fourth-order valence-corrected chi connectivity index (χ4v) is 1.37. The lowest BCUT2D eigenvalue weighted by molar-refractivity contribution is -0.150. The molecule has 0 heterocycles. The number of aliphatic hydroxyl groups is 1. The van der Waals surface area contributed by atoms with E-state index in [0.29, 0.717) is 25.9 Å². The van der Waals surface area contributed by atoms with E-state index in [1.54, 1.807) is 7.11 Å². The largest absolute Gasteiger partial charge is 0.462 e. The quantitative estimate of drug-likeness (QED) is 0.341. The van der Waals surface area contributed by atoms with Crippen molar-refractivity contribution in [3.8, 4) is 0 Å². The normalized spacial score (nSPS) is 12.4. The summed E-state index contributed by atoms with van der Waals surface area (Å²) in [5.41, 5.74) is 0. The van der Waals surface area contributed by atoms with E-state index in [1.165, 1.54) is 0 Å². The van der Waals surface area contributed by atoms with E-state index in [4.69, 9.17) is 19.3 Å². The average molecular weight is 248 g/mol. The standard InChI is InChI=1S/C12H24O5/c1-3-11(6-4-8-13)17-12(14)7-5-9-16-10-15-2/h11,13H,3-10H2,1-2H3. The fourth-order valence-electron chi connectivity index (χ4n) is 1.37. The molecule has 0 amide bonds. The second-order valence-corrected chi connectivity index (χ2v) is 3.80. The van der Waals surface area contributed by atoms with Gasteiger partial charge in [0.25, 0.3) is 0 Å². The van der Waals surface area contributed by atoms with E-state index in [-0.39, 0.29) is 25.5 Å². The molecule has 1 atom stereocenters. The van der Waals surface area contributed by atoms with Crippen molar-refractivity contribution in [2.24, 2.45) is 0 Å². The van der Waals surface area contributed by atoms with Gasteiger partial charge in [-0.25, -0.2) is 0 Å². The summed E-state index contributed by atoms with van der Waals surface area (Å²) in [6.45, 7) is 2.86. The second-order valence-electron chi connectivity index (χ2n) is 3.80. The number of hydrogen-bond acceptors (Lipinski definition) is 5. The van der Waals surface area contributed by atoms with Crippen LogP contribution in [0.25, 0.3) is 0 Å². The minimum atomic E-state index is -0.198. The molecule has 0 saturated carbocycles. The minimum Gasteiger partial charge on any atom is -0.462 e. The number of ether oxygens (including phenoxy) is 3. The molecule has 1 unspecified atom stereocenters. The minimum absolute atomic E-state index is 0.0745. The third kappa shape index (κ3) is 10.2. The Morgan fingerprint density at radius 3 is 2.71 bits per heavy atom. The first-order valence-corrected chi connectivity index (χ1v) is 6.11. The number of esters is 1. The third-order valence-electron chi connectivity index (χ3n) is 2.31. The summed E-state index contributed by atoms with van der Waals surface area (Å²) in [4.78, 5) is 11.4. The highest BCUT2D eigenvalue weighted by Gasteiger charge is 2.11. The first-order valence-electron chi connectivity index (χ1n) is 6.11. The van der Waals surface area contributed by atoms with Gasteiger partial charge in [-0.2, -0.15) is 0 Å². The van der Waals surface area contributed by atoms with Crippen LogP contribution in [0.2, 0.25) is 0 Å². The fraction of sp³-hybridized carbons (Fsp3) is 0.917. The van der Waals surface area contributed by atoms with Gasteiger partial charge in [0.1, 0.15) is 12.9 Å². The molecule has 0 spiro atoms. The number of carbonyl (C=O) groups excluding carboxylic acids is 1. The summed E-state index contributed by atoms with van der Waals surface area (Å²) in [6.07, 6.45) is 3.10. The number of methoxy groups -OCH3 is 1. The van der Waals surface area contributed by atoms with Gasteiger partial charge in [0.2, 0.25) is 0 Å². The van der Waals surface area contributed by atoms with Crippen LogP contribution in [-0.4, -0.2) is 44.3 Å². The van der Waals surface area contributed by atoms with Crippen LogP contribution in [0, 0.1) is 0 Å². The van der Waals surface area contributed by atoms with Crippen LogP contribution >= 0.6 is 0 Å². The SMILES string of the molecule is CCC(CCCO)OC(=O)CCCOCOC. The van der Waals surface area contributed by atoms with Gasteiger partial charge in [-0.15, -0.1) is 0 Å². The Morgan fingerprint density at radius 1 is 1.35 bits per heavy atom. The molecule has 0 rings (SSSR count). The Bertz CT molecular complexity index is 184. The van der Waals surface area contributed by atoms with Gasteiger partial charge < -0.3 is 19.3 Å². The van der Waals surface area contributed by atoms with Crippen LogP contribution in [0.4, 0.5) is 0 Å². The zero-order valence-corrected chi connectivity index (χ0v) is 10.8. The van der Waals surface area contributed by atoms with E-state index in [0.717, 1.165) is 12.8 Å². The van der Waals surface area contributed by atoms with Crippen molar-refractivity contribution in [3.05, 3.63) is 0 Å². The predicted molar refractivity (Wildman–Crippen MR) is 63.6 cm³/mol. The zero-order valence-electron chi connectivity index (χ0n) is 10.8. The van der Waals surface area contributed by atoms with Crippen LogP contribution in [0.5, 0.6) is 0 Å². The van der Waals surface area contributed by atoms with Crippen molar-refractivity contribution >= 4 is 5.97 Å². The van der Waals surface area contributed by atoms with Crippen LogP contribution in [-0.2, 0) is 19.0 Å². The molecule has 0 bridgehead atoms. The van der Waals surface area contributed by atoms with Crippen molar-refractivity contribution < 1.29 is 24.1 Å². The van der Waals surface area contributed by atoms with Crippen LogP contribution in [0.1, 0.15) is 39.0 Å². The highest BCUT2D eigenvalue weighted by atomic mass is 16.7. The summed E-state index contributed by atoms with van der Waals surface area (Å²) >= 11 is 0. The van der Waals surface area contributed by atoms with Gasteiger partial charge in [-0.1, -0.05) is 6.92 Å². The second kappa shape index (κ2) is 11.8. The van der Waals surface area contributed by atoms with E-state index in [1.807, 2.05) is 6.92 Å². The maximum Gasteiger partial charge on any atom is 0.306 e. The van der Waals surface area contributed by atoms with Crippen LogP contribution in [0.15, 0.2) is 0 Å². The topological polar surface area (TPSA) is 65.0 Å². The van der Waals surface area contributed by atoms with Crippen molar-refractivity contribution in [1.29, 1.82) is 0 Å². The lowest BCUT2D eigenvalue weighted by Gasteiger charge is -2.15. The summed E-state index contributed by atoms with van der Waals surface area (Å²) < 4.78 is 15.1. The molecule has 0 aliphatic heterocycles. The lowest BCUT2D eigenvalue weighted by Crippen LogP contribution is -2.18. The van der Waals surface area contributed by atoms with Crippen LogP contribution < -0.4 is 0 Å². The first-order chi connectivity index (χ1) is 8.24. The maximum absolute atomic E-state index is 11.4. The molecule has 1 N–H and O–H groups in total. The van der Waals surface area contributed by atoms with E-state index >= 15 is 0 Å². The lowest BCUT2D eigenvalue weighted by atomic mass is 10.1. The molecule has 0 aromatic carbocycles. The summed E-state index contributed by atoms with van der Waals surface area (Å²) in [5, 5.41) is 8.70. The number of aliphatic hydroxyl groups excluding tert-OH is 1. The van der Waals surface area contributed by atoms with Crippen molar-refractivity contribution in [1.82, 2.24) is 0 Å². The van der Waals surface area contributed by atoms with Crippen molar-refractivity contribution in [2.75, 3.05) is 27.1 Å². The Labute approximate surface area is 103 Å². The molecule has 102 valence electrons. The molecule has 0 saturated heterocycles. The first kappa shape index (κ1) is 16.4. The molecule has 5 nitrogen and oxygen atoms in total. The molecule has 0 aromatic heterocycles. The molecule has 0 aliphatic rings. The molecule has 17 heavy (non-hydrogen) atoms. The van der Waals surface area contributed by atoms with E-state index < -0.39 is 0 Å². The van der Waals surface area contributed by atoms with Crippen LogP contribution in [0.3, 0.4) is 0 Å². The number of rotatable bonds is 11. The van der Waals surface area contributed by atoms with Gasteiger partial charge in [0.05, 0.1) is 0 Å². The number of carbonyl (C=O) groups is 1. The highest BCUT2D eigenvalue weighted by Crippen LogP contribution is 2.08. The van der Waals surface area contributed by atoms with Gasteiger partial charge >= 0.3 is 5.97 Å². The molecule has 0 aromatic rings. The predicted octanol–water partition coefficient (Wildman–Crippen LogP) is 1.48. The molecular weight excluding hydrogens is 224 g/mol. The Hall–Kier alpha value is -0.650. The Morgan fingerprint density at radius 2 is 2.12 bits per heavy atom. The monoisotopic (exact) mass is 248 g/mol. The molecular formula is C12H24O5. The van der Waals surface area contributed by atoms with E-state index in [9.17, 15) is 4.79 Å². The molecule has 0 aliphatic carbocycles. The number of hydrogen-bond donors (Lipinski definition) is 1. The van der Waals surface area contributed by atoms with Gasteiger partial charge in [0, 0.05) is 26.7 Å². The Kier molecular flexibility index (Phi) is 11.4. The molecule has 0 fully saturated rings. The highest BCUT2D eigenvalue weighted by molar-refractivity contribution is 5.69. The van der Waals surface area contributed by atoms with Crippen molar-refractivity contribution in [3.63, 3.8) is 0 Å². The van der Waals surface area contributed by atoms with E-state index in [2.05, 4.69) is 0 Å². The van der Waals surface area contributed by atoms with Gasteiger partial charge in [-0.05, 0) is 25.7 Å². The summed E-state index contributed by atoms with van der Waals surface area (Å²) in [5.74, 6) is -0.198. The Balaban J connectivity index is 3.53.